The third-order valence-electron chi connectivity index (χ3n) is 2.61. The van der Waals surface area contributed by atoms with Crippen molar-refractivity contribution in [2.24, 2.45) is 5.73 Å². The van der Waals surface area contributed by atoms with Crippen molar-refractivity contribution in [1.82, 2.24) is 0 Å². The molecule has 6 nitrogen and oxygen atoms in total. The van der Waals surface area contributed by atoms with Crippen LogP contribution in [-0.2, 0) is 18.3 Å². The lowest BCUT2D eigenvalue weighted by Crippen LogP contribution is -2.15. The smallest absolute Gasteiger partial charge is 0.351 e. The minimum Gasteiger partial charge on any atom is -0.465 e. The molecule has 0 aliphatic rings. The van der Waals surface area contributed by atoms with E-state index >= 15 is 0 Å². The van der Waals surface area contributed by atoms with Crippen LogP contribution < -0.4 is 5.73 Å². The Hall–Kier alpha value is -1.20. The van der Waals surface area contributed by atoms with Gasteiger partial charge < -0.3 is 19.5 Å². The summed E-state index contributed by atoms with van der Waals surface area (Å²) in [5, 5.41) is 0. The van der Waals surface area contributed by atoms with Crippen molar-refractivity contribution in [3.8, 4) is 0 Å². The summed E-state index contributed by atoms with van der Waals surface area (Å²) >= 11 is 0. The Morgan fingerprint density at radius 3 is 2.40 bits per heavy atom. The van der Waals surface area contributed by atoms with Crippen molar-refractivity contribution in [2.75, 3.05) is 20.3 Å². The topological polar surface area (TPSA) is 87.9 Å². The van der Waals surface area contributed by atoms with Gasteiger partial charge in [-0.2, -0.15) is 0 Å². The molecule has 2 N–H and O–H groups in total. The zero-order valence-electron chi connectivity index (χ0n) is 11.9. The first-order valence-corrected chi connectivity index (χ1v) is 7.92. The Bertz CT molecular complexity index is 495. The molecule has 0 aromatic heterocycles. The van der Waals surface area contributed by atoms with Gasteiger partial charge in [-0.3, -0.25) is 4.57 Å². The Labute approximate surface area is 118 Å². The monoisotopic (exact) mass is 301 g/mol. The van der Waals surface area contributed by atoms with Gasteiger partial charge in [0.15, 0.2) is 0 Å². The van der Waals surface area contributed by atoms with E-state index < -0.39 is 19.3 Å². The normalized spacial score (nSPS) is 13.0. The first-order chi connectivity index (χ1) is 9.48. The maximum Gasteiger partial charge on any atom is 0.351 e. The zero-order valence-corrected chi connectivity index (χ0v) is 12.8. The fraction of sp³-hybridized carbons (Fsp3) is 0.462. The van der Waals surface area contributed by atoms with Gasteiger partial charge >= 0.3 is 13.6 Å². The lowest BCUT2D eigenvalue weighted by molar-refractivity contribution is 0.0600. The Balaban J connectivity index is 3.09. The fourth-order valence-electron chi connectivity index (χ4n) is 1.71. The average Bonchev–Trinajstić information content (AvgIpc) is 2.46. The molecule has 1 rings (SSSR count). The van der Waals surface area contributed by atoms with Crippen molar-refractivity contribution < 1.29 is 23.1 Å². The Kier molecular flexibility index (Phi) is 6.36. The van der Waals surface area contributed by atoms with Crippen LogP contribution in [-0.4, -0.2) is 26.3 Å². The van der Waals surface area contributed by atoms with Gasteiger partial charge in [-0.05, 0) is 31.5 Å². The molecule has 0 aliphatic heterocycles. The molecule has 0 spiro atoms. The van der Waals surface area contributed by atoms with E-state index in [-0.39, 0.29) is 13.2 Å². The number of hydrogen-bond acceptors (Lipinski definition) is 6. The van der Waals surface area contributed by atoms with Crippen LogP contribution in [0, 0.1) is 0 Å². The fourth-order valence-corrected chi connectivity index (χ4v) is 3.35. The number of benzene rings is 1. The number of nitrogens with two attached hydrogens (primary N) is 1. The summed E-state index contributed by atoms with van der Waals surface area (Å²) in [6.07, 6.45) is 0. The minimum absolute atomic E-state index is 0.224. The van der Waals surface area contributed by atoms with E-state index in [0.29, 0.717) is 11.1 Å². The molecule has 0 saturated carbocycles. The predicted octanol–water partition coefficient (Wildman–Crippen LogP) is 2.70. The Morgan fingerprint density at radius 1 is 1.30 bits per heavy atom. The van der Waals surface area contributed by atoms with E-state index in [2.05, 4.69) is 4.74 Å². The molecular formula is C13H20NO5P. The molecule has 112 valence electrons. The molecule has 0 aliphatic carbocycles. The lowest BCUT2D eigenvalue weighted by atomic mass is 10.1. The van der Waals surface area contributed by atoms with Crippen LogP contribution in [0.4, 0.5) is 0 Å². The van der Waals surface area contributed by atoms with Crippen molar-refractivity contribution >= 4 is 13.6 Å². The number of rotatable bonds is 7. The van der Waals surface area contributed by atoms with Gasteiger partial charge in [0.05, 0.1) is 25.9 Å². The van der Waals surface area contributed by atoms with Crippen molar-refractivity contribution in [2.45, 2.75) is 19.6 Å². The summed E-state index contributed by atoms with van der Waals surface area (Å²) in [6, 6.07) is 6.43. The molecule has 0 saturated heterocycles. The summed E-state index contributed by atoms with van der Waals surface area (Å²) in [4.78, 5) is 11.5. The zero-order chi connectivity index (χ0) is 15.2. The maximum absolute atomic E-state index is 12.6. The van der Waals surface area contributed by atoms with Gasteiger partial charge in [0.2, 0.25) is 0 Å². The molecule has 0 radical (unpaired) electrons. The van der Waals surface area contributed by atoms with Crippen molar-refractivity contribution in [3.05, 3.63) is 35.4 Å². The highest BCUT2D eigenvalue weighted by Crippen LogP contribution is 2.58. The number of ether oxygens (including phenoxy) is 1. The minimum atomic E-state index is -3.47. The van der Waals surface area contributed by atoms with E-state index in [9.17, 15) is 9.36 Å². The summed E-state index contributed by atoms with van der Waals surface area (Å²) in [7, 11) is -2.17. The number of methoxy groups -OCH3 is 1. The molecule has 0 fully saturated rings. The van der Waals surface area contributed by atoms with Crippen LogP contribution >= 0.6 is 7.60 Å². The summed E-state index contributed by atoms with van der Waals surface area (Å²) < 4.78 is 27.6. The molecular weight excluding hydrogens is 281 g/mol. The van der Waals surface area contributed by atoms with Gasteiger partial charge in [0.1, 0.15) is 5.78 Å². The number of hydrogen-bond donors (Lipinski definition) is 1. The second-order valence-electron chi connectivity index (χ2n) is 3.94. The van der Waals surface area contributed by atoms with Gasteiger partial charge in [0, 0.05) is 0 Å². The van der Waals surface area contributed by atoms with Crippen LogP contribution in [0.15, 0.2) is 24.3 Å². The standard InChI is InChI=1S/C13H20NO5P/c1-4-18-20(16,19-5-2)12(14)10-7-6-8-11(9-10)13(15)17-3/h6-9,12H,4-5,14H2,1-3H3/t12-/m1/s1. The summed E-state index contributed by atoms with van der Waals surface area (Å²) in [5.74, 6) is -1.44. The van der Waals surface area contributed by atoms with E-state index in [1.807, 2.05) is 0 Å². The quantitative estimate of drug-likeness (QED) is 0.615. The molecule has 0 unspecified atom stereocenters. The molecule has 1 aromatic rings. The van der Waals surface area contributed by atoms with Gasteiger partial charge in [0.25, 0.3) is 0 Å². The molecule has 0 heterocycles. The molecule has 1 aromatic carbocycles. The second kappa shape index (κ2) is 7.55. The van der Waals surface area contributed by atoms with Crippen LogP contribution in [0.5, 0.6) is 0 Å². The van der Waals surface area contributed by atoms with Crippen molar-refractivity contribution in [1.29, 1.82) is 0 Å². The van der Waals surface area contributed by atoms with Crippen molar-refractivity contribution in [3.63, 3.8) is 0 Å². The summed E-state index contributed by atoms with van der Waals surface area (Å²) in [6.45, 7) is 3.87. The predicted molar refractivity (Wildman–Crippen MR) is 75.6 cm³/mol. The molecule has 7 heteroatoms. The second-order valence-corrected chi connectivity index (χ2v) is 6.09. The van der Waals surface area contributed by atoms with Crippen LogP contribution in [0.3, 0.4) is 0 Å². The number of carbonyl (C=O) groups is 1. The van der Waals surface area contributed by atoms with Crippen LogP contribution in [0.1, 0.15) is 35.6 Å². The number of esters is 1. The molecule has 0 amide bonds. The SMILES string of the molecule is CCOP(=O)(OCC)[C@@H](N)c1cccc(C(=O)OC)c1. The largest absolute Gasteiger partial charge is 0.465 e. The first kappa shape index (κ1) is 16.9. The molecule has 1 atom stereocenters. The highest BCUT2D eigenvalue weighted by atomic mass is 31.2. The lowest BCUT2D eigenvalue weighted by Gasteiger charge is -2.23. The third-order valence-corrected chi connectivity index (χ3v) is 4.82. The highest BCUT2D eigenvalue weighted by molar-refractivity contribution is 7.54. The van der Waals surface area contributed by atoms with E-state index in [1.54, 1.807) is 32.0 Å². The van der Waals surface area contributed by atoms with Crippen LogP contribution in [0.25, 0.3) is 0 Å². The first-order valence-electron chi connectivity index (χ1n) is 6.31. The number of carbonyl (C=O) groups excluding carboxylic acids is 1. The maximum atomic E-state index is 12.6. The van der Waals surface area contributed by atoms with E-state index in [4.69, 9.17) is 14.8 Å². The van der Waals surface area contributed by atoms with Crippen LogP contribution in [0.2, 0.25) is 0 Å². The van der Waals surface area contributed by atoms with Gasteiger partial charge in [-0.15, -0.1) is 0 Å². The molecule has 20 heavy (non-hydrogen) atoms. The summed E-state index contributed by atoms with van der Waals surface area (Å²) in [5.41, 5.74) is 6.82. The molecule has 0 bridgehead atoms. The van der Waals surface area contributed by atoms with E-state index in [1.165, 1.54) is 13.2 Å². The van der Waals surface area contributed by atoms with Gasteiger partial charge in [-0.1, -0.05) is 12.1 Å². The van der Waals surface area contributed by atoms with E-state index in [0.717, 1.165) is 0 Å². The average molecular weight is 301 g/mol. The Morgan fingerprint density at radius 2 is 1.90 bits per heavy atom. The highest BCUT2D eigenvalue weighted by Gasteiger charge is 2.34. The van der Waals surface area contributed by atoms with Gasteiger partial charge in [-0.25, -0.2) is 4.79 Å². The third kappa shape index (κ3) is 3.90.